The van der Waals surface area contributed by atoms with Gasteiger partial charge < -0.3 is 14.6 Å². The van der Waals surface area contributed by atoms with Gasteiger partial charge in [0.15, 0.2) is 0 Å². The lowest BCUT2D eigenvalue weighted by atomic mass is 10.1. The van der Waals surface area contributed by atoms with Gasteiger partial charge in [0.25, 0.3) is 0 Å². The number of rotatable bonds is 6. The van der Waals surface area contributed by atoms with Crippen molar-refractivity contribution in [1.29, 1.82) is 0 Å². The SMILES string of the molecule is CCOC(=O)COCc1cc(Cl)c(CO)c(Cl)c1. The standard InChI is InChI=1S/C12H14Cl2O4/c1-2-18-12(16)7-17-6-8-3-10(13)9(5-15)11(14)4-8/h3-4,15H,2,5-7H2,1H3. The molecule has 0 aromatic heterocycles. The van der Waals surface area contributed by atoms with Crippen LogP contribution in [0, 0.1) is 0 Å². The maximum Gasteiger partial charge on any atom is 0.332 e. The molecule has 1 aromatic rings. The first-order chi connectivity index (χ1) is 8.58. The molecule has 0 aliphatic rings. The Morgan fingerprint density at radius 3 is 2.44 bits per heavy atom. The number of ether oxygens (including phenoxy) is 2. The summed E-state index contributed by atoms with van der Waals surface area (Å²) in [6.45, 7) is 1.91. The summed E-state index contributed by atoms with van der Waals surface area (Å²) in [5, 5.41) is 9.79. The van der Waals surface area contributed by atoms with Gasteiger partial charge in [-0.25, -0.2) is 4.79 Å². The van der Waals surface area contributed by atoms with E-state index in [2.05, 4.69) is 0 Å². The predicted octanol–water partition coefficient (Wildman–Crippen LogP) is 2.57. The lowest BCUT2D eigenvalue weighted by Gasteiger charge is -2.08. The number of benzene rings is 1. The lowest BCUT2D eigenvalue weighted by Crippen LogP contribution is -2.12. The molecule has 100 valence electrons. The number of carbonyl (C=O) groups excluding carboxylic acids is 1. The molecule has 0 bridgehead atoms. The van der Waals surface area contributed by atoms with Gasteiger partial charge in [0.2, 0.25) is 0 Å². The summed E-state index contributed by atoms with van der Waals surface area (Å²) in [7, 11) is 0. The second-order valence-electron chi connectivity index (χ2n) is 3.49. The van der Waals surface area contributed by atoms with Crippen LogP contribution in [-0.2, 0) is 27.5 Å². The van der Waals surface area contributed by atoms with Gasteiger partial charge in [-0.15, -0.1) is 0 Å². The van der Waals surface area contributed by atoms with Gasteiger partial charge in [0, 0.05) is 15.6 Å². The molecular formula is C12H14Cl2O4. The first kappa shape index (κ1) is 15.2. The highest BCUT2D eigenvalue weighted by Crippen LogP contribution is 2.26. The molecule has 18 heavy (non-hydrogen) atoms. The molecule has 0 atom stereocenters. The molecule has 0 saturated heterocycles. The normalized spacial score (nSPS) is 10.4. The minimum atomic E-state index is -0.415. The highest BCUT2D eigenvalue weighted by molar-refractivity contribution is 6.36. The maximum absolute atomic E-state index is 11.0. The number of hydrogen-bond acceptors (Lipinski definition) is 4. The molecule has 4 nitrogen and oxygen atoms in total. The van der Waals surface area contributed by atoms with Crippen LogP contribution >= 0.6 is 23.2 Å². The number of aliphatic hydroxyl groups excluding tert-OH is 1. The Morgan fingerprint density at radius 1 is 1.33 bits per heavy atom. The zero-order valence-electron chi connectivity index (χ0n) is 9.91. The van der Waals surface area contributed by atoms with Crippen LogP contribution in [0.2, 0.25) is 10.0 Å². The summed E-state index contributed by atoms with van der Waals surface area (Å²) < 4.78 is 9.88. The van der Waals surface area contributed by atoms with Crippen LogP contribution in [0.4, 0.5) is 0 Å². The largest absolute Gasteiger partial charge is 0.464 e. The molecular weight excluding hydrogens is 279 g/mol. The third-order valence-corrected chi connectivity index (χ3v) is 2.83. The fraction of sp³-hybridized carbons (Fsp3) is 0.417. The zero-order valence-corrected chi connectivity index (χ0v) is 11.4. The van der Waals surface area contributed by atoms with Gasteiger partial charge >= 0.3 is 5.97 Å². The third-order valence-electron chi connectivity index (χ3n) is 2.15. The summed E-state index contributed by atoms with van der Waals surface area (Å²) in [6.07, 6.45) is 0. The molecule has 0 aliphatic heterocycles. The summed E-state index contributed by atoms with van der Waals surface area (Å²) in [6, 6.07) is 3.29. The molecule has 0 spiro atoms. The van der Waals surface area contributed by atoms with Crippen LogP contribution < -0.4 is 0 Å². The summed E-state index contributed by atoms with van der Waals surface area (Å²) in [5.41, 5.74) is 1.21. The van der Waals surface area contributed by atoms with Gasteiger partial charge in [-0.1, -0.05) is 23.2 Å². The van der Waals surface area contributed by atoms with Gasteiger partial charge in [-0.3, -0.25) is 0 Å². The van der Waals surface area contributed by atoms with Crippen molar-refractivity contribution in [1.82, 2.24) is 0 Å². The van der Waals surface area contributed by atoms with Crippen LogP contribution in [-0.4, -0.2) is 24.3 Å². The van der Waals surface area contributed by atoms with E-state index in [0.29, 0.717) is 22.2 Å². The van der Waals surface area contributed by atoms with E-state index in [0.717, 1.165) is 5.56 Å². The van der Waals surface area contributed by atoms with Crippen LogP contribution in [0.25, 0.3) is 0 Å². The number of hydrogen-bond donors (Lipinski definition) is 1. The van der Waals surface area contributed by atoms with Crippen LogP contribution in [0.15, 0.2) is 12.1 Å². The first-order valence-electron chi connectivity index (χ1n) is 5.39. The molecule has 0 saturated carbocycles. The minimum absolute atomic E-state index is 0.120. The van der Waals surface area contributed by atoms with E-state index in [1.54, 1.807) is 19.1 Å². The second-order valence-corrected chi connectivity index (χ2v) is 4.31. The smallest absolute Gasteiger partial charge is 0.332 e. The van der Waals surface area contributed by atoms with E-state index in [9.17, 15) is 4.79 Å². The van der Waals surface area contributed by atoms with E-state index in [1.165, 1.54) is 0 Å². The molecule has 0 heterocycles. The summed E-state index contributed by atoms with van der Waals surface area (Å²) >= 11 is 11.9. The Hall–Kier alpha value is -0.810. The Balaban J connectivity index is 2.56. The molecule has 0 aliphatic carbocycles. The lowest BCUT2D eigenvalue weighted by molar-refractivity contribution is -0.148. The predicted molar refractivity (Wildman–Crippen MR) is 68.7 cm³/mol. The maximum atomic E-state index is 11.0. The van der Waals surface area contributed by atoms with Crippen LogP contribution in [0.1, 0.15) is 18.1 Å². The average molecular weight is 293 g/mol. The highest BCUT2D eigenvalue weighted by Gasteiger charge is 2.08. The van der Waals surface area contributed by atoms with E-state index in [4.69, 9.17) is 37.8 Å². The molecule has 0 amide bonds. The molecule has 6 heteroatoms. The van der Waals surface area contributed by atoms with Crippen molar-refractivity contribution in [2.24, 2.45) is 0 Å². The molecule has 1 N–H and O–H groups in total. The Labute approximate surface area is 115 Å². The fourth-order valence-corrected chi connectivity index (χ4v) is 2.00. The summed E-state index contributed by atoms with van der Waals surface area (Å²) in [5.74, 6) is -0.415. The average Bonchev–Trinajstić information content (AvgIpc) is 2.29. The fourth-order valence-electron chi connectivity index (χ4n) is 1.34. The Morgan fingerprint density at radius 2 is 1.94 bits per heavy atom. The molecule has 0 radical (unpaired) electrons. The monoisotopic (exact) mass is 292 g/mol. The van der Waals surface area contributed by atoms with E-state index in [-0.39, 0.29) is 19.8 Å². The van der Waals surface area contributed by atoms with E-state index < -0.39 is 5.97 Å². The van der Waals surface area contributed by atoms with Crippen molar-refractivity contribution in [3.8, 4) is 0 Å². The van der Waals surface area contributed by atoms with Crippen molar-refractivity contribution in [2.45, 2.75) is 20.1 Å². The number of aliphatic hydroxyl groups is 1. The Bertz CT molecular complexity index is 398. The molecule has 1 rings (SSSR count). The van der Waals surface area contributed by atoms with Gasteiger partial charge in [0.05, 0.1) is 19.8 Å². The van der Waals surface area contributed by atoms with Crippen LogP contribution in [0.3, 0.4) is 0 Å². The van der Waals surface area contributed by atoms with E-state index >= 15 is 0 Å². The number of esters is 1. The third kappa shape index (κ3) is 4.46. The Kier molecular flexibility index (Phi) is 6.43. The van der Waals surface area contributed by atoms with Crippen molar-refractivity contribution in [2.75, 3.05) is 13.2 Å². The van der Waals surface area contributed by atoms with Crippen molar-refractivity contribution >= 4 is 29.2 Å². The number of carbonyl (C=O) groups is 1. The van der Waals surface area contributed by atoms with Crippen molar-refractivity contribution in [3.05, 3.63) is 33.3 Å². The van der Waals surface area contributed by atoms with Gasteiger partial charge in [-0.2, -0.15) is 0 Å². The van der Waals surface area contributed by atoms with Gasteiger partial charge in [-0.05, 0) is 24.6 Å². The molecule has 1 aromatic carbocycles. The zero-order chi connectivity index (χ0) is 13.5. The molecule has 0 fully saturated rings. The minimum Gasteiger partial charge on any atom is -0.464 e. The van der Waals surface area contributed by atoms with Crippen molar-refractivity contribution < 1.29 is 19.4 Å². The quantitative estimate of drug-likeness (QED) is 0.819. The van der Waals surface area contributed by atoms with Crippen molar-refractivity contribution in [3.63, 3.8) is 0 Å². The topological polar surface area (TPSA) is 55.8 Å². The summed E-state index contributed by atoms with van der Waals surface area (Å²) in [4.78, 5) is 11.0. The first-order valence-corrected chi connectivity index (χ1v) is 6.15. The highest BCUT2D eigenvalue weighted by atomic mass is 35.5. The second kappa shape index (κ2) is 7.59. The molecule has 0 unspecified atom stereocenters. The number of halogens is 2. The van der Waals surface area contributed by atoms with Crippen LogP contribution in [0.5, 0.6) is 0 Å². The van der Waals surface area contributed by atoms with Gasteiger partial charge in [0.1, 0.15) is 6.61 Å². The van der Waals surface area contributed by atoms with E-state index in [1.807, 2.05) is 0 Å².